The molecule has 2 aromatic carbocycles. The monoisotopic (exact) mass is 489 g/mol. The van der Waals surface area contributed by atoms with E-state index in [0.29, 0.717) is 17.4 Å². The minimum atomic E-state index is -3.57. The highest BCUT2D eigenvalue weighted by molar-refractivity contribution is 7.90. The number of aryl methyl sites for hydroxylation is 1. The van der Waals surface area contributed by atoms with Gasteiger partial charge in [0.05, 0.1) is 22.3 Å². The summed E-state index contributed by atoms with van der Waals surface area (Å²) in [5.74, 6) is 0.806. The van der Waals surface area contributed by atoms with Crippen molar-refractivity contribution in [2.45, 2.75) is 55.1 Å². The minimum Gasteiger partial charge on any atom is -0.350 e. The first-order chi connectivity index (χ1) is 16.9. The van der Waals surface area contributed by atoms with Gasteiger partial charge in [-0.05, 0) is 73.1 Å². The topological polar surface area (TPSA) is 83.2 Å². The number of likely N-dealkylation sites (tertiary alicyclic amines) is 1. The molecule has 2 fully saturated rings. The molecule has 1 saturated carbocycles. The summed E-state index contributed by atoms with van der Waals surface area (Å²) >= 11 is 0. The first kappa shape index (κ1) is 23.6. The van der Waals surface area contributed by atoms with Crippen molar-refractivity contribution in [3.8, 4) is 6.07 Å². The van der Waals surface area contributed by atoms with Gasteiger partial charge in [-0.3, -0.25) is 4.79 Å². The van der Waals surface area contributed by atoms with E-state index in [0.717, 1.165) is 55.2 Å². The number of hydrogen-bond donors (Lipinski definition) is 0. The SMILES string of the molecule is Cn1cc(C2CCN(C(=O)C3CCCC3)CC2)c2cc(CS(=O)(=O)c3cccc(C#N)c3)ccc21. The summed E-state index contributed by atoms with van der Waals surface area (Å²) in [6.45, 7) is 1.58. The van der Waals surface area contributed by atoms with Crippen LogP contribution in [-0.2, 0) is 27.4 Å². The van der Waals surface area contributed by atoms with Crippen molar-refractivity contribution in [3.05, 3.63) is 65.4 Å². The zero-order chi connectivity index (χ0) is 24.6. The number of aromatic nitrogens is 1. The molecule has 3 aromatic rings. The van der Waals surface area contributed by atoms with Crippen LogP contribution in [0.4, 0.5) is 0 Å². The van der Waals surface area contributed by atoms with Crippen LogP contribution >= 0.6 is 0 Å². The lowest BCUT2D eigenvalue weighted by Crippen LogP contribution is -2.40. The zero-order valence-corrected chi connectivity index (χ0v) is 20.9. The van der Waals surface area contributed by atoms with Crippen LogP contribution in [0.3, 0.4) is 0 Å². The van der Waals surface area contributed by atoms with E-state index in [2.05, 4.69) is 15.7 Å². The lowest BCUT2D eigenvalue weighted by atomic mass is 9.88. The second kappa shape index (κ2) is 9.50. The molecule has 5 rings (SSSR count). The summed E-state index contributed by atoms with van der Waals surface area (Å²) in [4.78, 5) is 15.1. The highest BCUT2D eigenvalue weighted by Crippen LogP contribution is 2.36. The van der Waals surface area contributed by atoms with Crippen LogP contribution in [0, 0.1) is 17.2 Å². The molecule has 2 heterocycles. The first-order valence-electron chi connectivity index (χ1n) is 12.5. The maximum atomic E-state index is 13.1. The molecule has 1 aliphatic heterocycles. The Labute approximate surface area is 207 Å². The Bertz CT molecular complexity index is 1400. The average molecular weight is 490 g/mol. The molecule has 7 heteroatoms. The molecule has 6 nitrogen and oxygen atoms in total. The van der Waals surface area contributed by atoms with Crippen LogP contribution in [0.5, 0.6) is 0 Å². The molecule has 1 aromatic heterocycles. The standard InChI is InChI=1S/C28H31N3O3S/c1-30-18-26(22-11-13-31(14-12-22)28(32)23-6-2-3-7-23)25-16-21(9-10-27(25)30)19-35(33,34)24-8-4-5-20(15-24)17-29/h4-5,8-10,15-16,18,22-23H,2-3,6-7,11-14,19H2,1H3. The second-order valence-corrected chi connectivity index (χ2v) is 12.0. The number of hydrogen-bond acceptors (Lipinski definition) is 4. The molecule has 182 valence electrons. The Morgan fingerprint density at radius 1 is 1.06 bits per heavy atom. The molecule has 0 unspecified atom stereocenters. The number of amides is 1. The largest absolute Gasteiger partial charge is 0.350 e. The molecule has 0 radical (unpaired) electrons. The van der Waals surface area contributed by atoms with Crippen LogP contribution in [0.15, 0.2) is 53.6 Å². The van der Waals surface area contributed by atoms with E-state index in [9.17, 15) is 13.2 Å². The lowest BCUT2D eigenvalue weighted by Gasteiger charge is -2.33. The van der Waals surface area contributed by atoms with Crippen LogP contribution in [0.2, 0.25) is 0 Å². The molecule has 1 saturated heterocycles. The van der Waals surface area contributed by atoms with Gasteiger partial charge in [-0.1, -0.05) is 25.0 Å². The summed E-state index contributed by atoms with van der Waals surface area (Å²) in [5.41, 5.74) is 3.39. The molecular weight excluding hydrogens is 458 g/mol. The van der Waals surface area contributed by atoms with Crippen molar-refractivity contribution in [1.29, 1.82) is 5.26 Å². The number of nitrogens with zero attached hydrogens (tertiary/aromatic N) is 3. The normalized spacial score (nSPS) is 17.7. The Balaban J connectivity index is 1.36. The predicted molar refractivity (Wildman–Crippen MR) is 135 cm³/mol. The fourth-order valence-corrected chi connectivity index (χ4v) is 7.17. The number of fused-ring (bicyclic) bond motifs is 1. The van der Waals surface area contributed by atoms with Crippen molar-refractivity contribution in [2.75, 3.05) is 13.1 Å². The Morgan fingerprint density at radius 2 is 1.80 bits per heavy atom. The summed E-state index contributed by atoms with van der Waals surface area (Å²) < 4.78 is 28.2. The number of carbonyl (C=O) groups is 1. The van der Waals surface area contributed by atoms with Gasteiger partial charge >= 0.3 is 0 Å². The van der Waals surface area contributed by atoms with Gasteiger partial charge in [0.1, 0.15) is 0 Å². The van der Waals surface area contributed by atoms with Gasteiger partial charge in [0.25, 0.3) is 0 Å². The molecule has 0 spiro atoms. The maximum absolute atomic E-state index is 13.1. The van der Waals surface area contributed by atoms with Crippen LogP contribution in [-0.4, -0.2) is 36.9 Å². The number of piperidine rings is 1. The van der Waals surface area contributed by atoms with Gasteiger partial charge < -0.3 is 9.47 Å². The Hall–Kier alpha value is -3.11. The van der Waals surface area contributed by atoms with E-state index < -0.39 is 9.84 Å². The quantitative estimate of drug-likeness (QED) is 0.509. The third-order valence-corrected chi connectivity index (χ3v) is 9.40. The van der Waals surface area contributed by atoms with Crippen LogP contribution in [0.1, 0.15) is 61.1 Å². The number of sulfone groups is 1. The van der Waals surface area contributed by atoms with E-state index in [1.54, 1.807) is 18.2 Å². The highest BCUT2D eigenvalue weighted by atomic mass is 32.2. The fraction of sp³-hybridized carbons (Fsp3) is 0.429. The predicted octanol–water partition coefficient (Wildman–Crippen LogP) is 4.92. The number of nitriles is 1. The second-order valence-electron chi connectivity index (χ2n) is 10.0. The van der Waals surface area contributed by atoms with E-state index in [1.165, 1.54) is 24.5 Å². The third-order valence-electron chi connectivity index (χ3n) is 7.71. The molecule has 0 N–H and O–H groups in total. The molecule has 2 aliphatic rings. The summed E-state index contributed by atoms with van der Waals surface area (Å²) in [6, 6.07) is 14.1. The Kier molecular flexibility index (Phi) is 6.41. The smallest absolute Gasteiger partial charge is 0.225 e. The van der Waals surface area contributed by atoms with E-state index >= 15 is 0 Å². The summed E-state index contributed by atoms with van der Waals surface area (Å²) in [5, 5.41) is 10.2. The highest BCUT2D eigenvalue weighted by Gasteiger charge is 2.31. The van der Waals surface area contributed by atoms with Gasteiger partial charge in [-0.2, -0.15) is 5.26 Å². The van der Waals surface area contributed by atoms with E-state index in [-0.39, 0.29) is 16.6 Å². The van der Waals surface area contributed by atoms with Crippen molar-refractivity contribution in [2.24, 2.45) is 13.0 Å². The van der Waals surface area contributed by atoms with E-state index in [4.69, 9.17) is 5.26 Å². The van der Waals surface area contributed by atoms with Gasteiger partial charge in [-0.25, -0.2) is 8.42 Å². The van der Waals surface area contributed by atoms with Gasteiger partial charge in [-0.15, -0.1) is 0 Å². The minimum absolute atomic E-state index is 0.111. The first-order valence-corrected chi connectivity index (χ1v) is 14.1. The molecule has 1 aliphatic carbocycles. The maximum Gasteiger partial charge on any atom is 0.225 e. The third kappa shape index (κ3) is 4.72. The average Bonchev–Trinajstić information content (AvgIpc) is 3.52. The molecule has 35 heavy (non-hydrogen) atoms. The molecule has 0 atom stereocenters. The van der Waals surface area contributed by atoms with Crippen molar-refractivity contribution in [3.63, 3.8) is 0 Å². The van der Waals surface area contributed by atoms with E-state index in [1.807, 2.05) is 31.3 Å². The molecule has 0 bridgehead atoms. The summed E-state index contributed by atoms with van der Waals surface area (Å²) in [7, 11) is -1.55. The fourth-order valence-electron chi connectivity index (χ4n) is 5.79. The van der Waals surface area contributed by atoms with Gasteiger partial charge in [0, 0.05) is 43.2 Å². The van der Waals surface area contributed by atoms with Crippen molar-refractivity contribution < 1.29 is 13.2 Å². The van der Waals surface area contributed by atoms with Crippen LogP contribution in [0.25, 0.3) is 10.9 Å². The zero-order valence-electron chi connectivity index (χ0n) is 20.1. The van der Waals surface area contributed by atoms with Crippen molar-refractivity contribution in [1.82, 2.24) is 9.47 Å². The van der Waals surface area contributed by atoms with Crippen molar-refractivity contribution >= 4 is 26.6 Å². The summed E-state index contributed by atoms with van der Waals surface area (Å²) in [6.07, 6.45) is 8.44. The molecule has 1 amide bonds. The number of benzene rings is 2. The molecular formula is C28H31N3O3S. The lowest BCUT2D eigenvalue weighted by molar-refractivity contribution is -0.136. The number of rotatable bonds is 5. The van der Waals surface area contributed by atoms with Crippen LogP contribution < -0.4 is 0 Å². The van der Waals surface area contributed by atoms with Gasteiger partial charge in [0.2, 0.25) is 5.91 Å². The Morgan fingerprint density at radius 3 is 2.51 bits per heavy atom. The van der Waals surface area contributed by atoms with Gasteiger partial charge in [0.15, 0.2) is 9.84 Å². The number of carbonyl (C=O) groups excluding carboxylic acids is 1.